The first kappa shape index (κ1) is 13.8. The van der Waals surface area contributed by atoms with E-state index in [1.807, 2.05) is 24.3 Å². The quantitative estimate of drug-likeness (QED) is 0.804. The van der Waals surface area contributed by atoms with Gasteiger partial charge in [-0.15, -0.1) is 0 Å². The summed E-state index contributed by atoms with van der Waals surface area (Å²) >= 11 is 2.19. The number of ether oxygens (including phenoxy) is 1. The van der Waals surface area contributed by atoms with Gasteiger partial charge >= 0.3 is 0 Å². The topological polar surface area (TPSA) is 30.5 Å². The maximum atomic E-state index is 13.9. The fourth-order valence-electron chi connectivity index (χ4n) is 2.10. The fraction of sp³-hybridized carbons (Fsp3) is 0.200. The van der Waals surface area contributed by atoms with Crippen LogP contribution in [0.2, 0.25) is 0 Å². The average Bonchev–Trinajstić information content (AvgIpc) is 2.95. The van der Waals surface area contributed by atoms with Gasteiger partial charge in [0, 0.05) is 3.57 Å². The summed E-state index contributed by atoms with van der Waals surface area (Å²) in [5, 5.41) is 0. The predicted molar refractivity (Wildman–Crippen MR) is 82.1 cm³/mol. The molecule has 0 aliphatic carbocycles. The minimum absolute atomic E-state index is 0.0915. The zero-order valence-electron chi connectivity index (χ0n) is 10.6. The van der Waals surface area contributed by atoms with E-state index in [1.54, 1.807) is 12.1 Å². The van der Waals surface area contributed by atoms with Crippen LogP contribution in [0.1, 0.15) is 18.0 Å². The Hall–Kier alpha value is -1.18. The molecule has 1 aliphatic heterocycles. The van der Waals surface area contributed by atoms with Crippen LogP contribution in [0.15, 0.2) is 42.5 Å². The molecule has 20 heavy (non-hydrogen) atoms. The van der Waals surface area contributed by atoms with Crippen molar-refractivity contribution >= 4 is 22.6 Å². The third kappa shape index (κ3) is 3.11. The number of nitrogens with one attached hydrogen (secondary N) is 1. The van der Waals surface area contributed by atoms with Crippen LogP contribution in [0.5, 0.6) is 11.5 Å². The molecule has 0 saturated carbocycles. The third-order valence-corrected chi connectivity index (χ3v) is 3.79. The fourth-order valence-corrected chi connectivity index (χ4v) is 2.62. The average molecular weight is 385 g/mol. The number of hydrogen-bond acceptors (Lipinski definition) is 3. The first-order chi connectivity index (χ1) is 9.72. The molecule has 5 heteroatoms. The van der Waals surface area contributed by atoms with Crippen LogP contribution >= 0.6 is 22.6 Å². The Balaban J connectivity index is 1.86. The van der Waals surface area contributed by atoms with Crippen LogP contribution < -0.4 is 10.2 Å². The Morgan fingerprint density at radius 2 is 2.15 bits per heavy atom. The van der Waals surface area contributed by atoms with Gasteiger partial charge in [-0.1, -0.05) is 12.1 Å². The number of hydroxylamine groups is 1. The Morgan fingerprint density at radius 3 is 2.90 bits per heavy atom. The summed E-state index contributed by atoms with van der Waals surface area (Å²) in [7, 11) is 0. The molecular weight excluding hydrogens is 372 g/mol. The molecule has 3 rings (SSSR count). The van der Waals surface area contributed by atoms with Crippen molar-refractivity contribution in [3.63, 3.8) is 0 Å². The van der Waals surface area contributed by atoms with E-state index < -0.39 is 0 Å². The molecule has 0 radical (unpaired) electrons. The molecule has 0 aromatic heterocycles. The zero-order chi connectivity index (χ0) is 13.9. The number of benzene rings is 2. The lowest BCUT2D eigenvalue weighted by molar-refractivity contribution is 0.0882. The summed E-state index contributed by atoms with van der Waals surface area (Å²) in [6.45, 7) is 0.662. The third-order valence-electron chi connectivity index (χ3n) is 3.12. The number of hydrogen-bond donors (Lipinski definition) is 1. The summed E-state index contributed by atoms with van der Waals surface area (Å²) in [4.78, 5) is 5.13. The van der Waals surface area contributed by atoms with E-state index in [1.165, 1.54) is 6.07 Å². The van der Waals surface area contributed by atoms with E-state index in [0.717, 1.165) is 15.6 Å². The molecule has 104 valence electrons. The summed E-state index contributed by atoms with van der Waals surface area (Å²) in [5.74, 6) is 0.494. The molecular formula is C15H13FINO2. The molecule has 3 nitrogen and oxygen atoms in total. The van der Waals surface area contributed by atoms with Crippen LogP contribution in [-0.4, -0.2) is 6.61 Å². The van der Waals surface area contributed by atoms with E-state index in [2.05, 4.69) is 28.1 Å². The van der Waals surface area contributed by atoms with E-state index in [9.17, 15) is 4.39 Å². The van der Waals surface area contributed by atoms with Gasteiger partial charge in [-0.3, -0.25) is 0 Å². The molecule has 0 bridgehead atoms. The highest BCUT2D eigenvalue weighted by molar-refractivity contribution is 14.1. The molecule has 0 unspecified atom stereocenters. The van der Waals surface area contributed by atoms with Gasteiger partial charge in [0.2, 0.25) is 0 Å². The van der Waals surface area contributed by atoms with Gasteiger partial charge in [0.25, 0.3) is 0 Å². The largest absolute Gasteiger partial charge is 0.454 e. The van der Waals surface area contributed by atoms with Crippen LogP contribution in [0.3, 0.4) is 0 Å². The van der Waals surface area contributed by atoms with Crippen molar-refractivity contribution < 1.29 is 14.0 Å². The van der Waals surface area contributed by atoms with Crippen LogP contribution in [0.25, 0.3) is 0 Å². The molecule has 1 fully saturated rings. The number of halogens is 2. The number of rotatable bonds is 3. The van der Waals surface area contributed by atoms with Crippen molar-refractivity contribution in [2.75, 3.05) is 6.61 Å². The SMILES string of the molecule is Fc1ccc([C@H]2CCON2)cc1Oc1cccc(I)c1. The molecule has 1 heterocycles. The van der Waals surface area contributed by atoms with Gasteiger partial charge in [0.1, 0.15) is 5.75 Å². The first-order valence-corrected chi connectivity index (χ1v) is 7.40. The Kier molecular flexibility index (Phi) is 4.18. The second kappa shape index (κ2) is 6.07. The van der Waals surface area contributed by atoms with Crippen molar-refractivity contribution in [2.45, 2.75) is 12.5 Å². The van der Waals surface area contributed by atoms with E-state index >= 15 is 0 Å². The first-order valence-electron chi connectivity index (χ1n) is 6.32. The molecule has 0 amide bonds. The maximum Gasteiger partial charge on any atom is 0.165 e. The second-order valence-corrected chi connectivity index (χ2v) is 5.80. The highest BCUT2D eigenvalue weighted by atomic mass is 127. The zero-order valence-corrected chi connectivity index (χ0v) is 12.8. The van der Waals surface area contributed by atoms with Crippen molar-refractivity contribution in [1.29, 1.82) is 0 Å². The second-order valence-electron chi connectivity index (χ2n) is 4.56. The van der Waals surface area contributed by atoms with Crippen molar-refractivity contribution in [3.05, 3.63) is 57.4 Å². The standard InChI is InChI=1S/C15H13FINO2/c16-13-5-4-10(14-6-7-19-18-14)8-15(13)20-12-3-1-2-11(17)9-12/h1-5,8-9,14,18H,6-7H2/t14-/m1/s1. The minimum atomic E-state index is -0.369. The van der Waals surface area contributed by atoms with Crippen molar-refractivity contribution in [2.24, 2.45) is 0 Å². The lowest BCUT2D eigenvalue weighted by Gasteiger charge is -2.12. The molecule has 1 atom stereocenters. The van der Waals surface area contributed by atoms with E-state index in [4.69, 9.17) is 9.57 Å². The maximum absolute atomic E-state index is 13.9. The Labute approximate surface area is 130 Å². The van der Waals surface area contributed by atoms with Crippen molar-refractivity contribution in [1.82, 2.24) is 5.48 Å². The molecule has 1 saturated heterocycles. The monoisotopic (exact) mass is 385 g/mol. The molecule has 2 aromatic rings. The van der Waals surface area contributed by atoms with E-state index in [0.29, 0.717) is 12.4 Å². The smallest absolute Gasteiger partial charge is 0.165 e. The Morgan fingerprint density at radius 1 is 1.25 bits per heavy atom. The van der Waals surface area contributed by atoms with Gasteiger partial charge in [-0.25, -0.2) is 4.39 Å². The highest BCUT2D eigenvalue weighted by Gasteiger charge is 2.19. The molecule has 1 aliphatic rings. The van der Waals surface area contributed by atoms with Crippen LogP contribution in [0.4, 0.5) is 4.39 Å². The van der Waals surface area contributed by atoms with E-state index in [-0.39, 0.29) is 17.6 Å². The lowest BCUT2D eigenvalue weighted by atomic mass is 10.1. The van der Waals surface area contributed by atoms with Gasteiger partial charge < -0.3 is 9.57 Å². The van der Waals surface area contributed by atoms with Crippen LogP contribution in [0, 0.1) is 9.39 Å². The highest BCUT2D eigenvalue weighted by Crippen LogP contribution is 2.30. The molecule has 0 spiro atoms. The van der Waals surface area contributed by atoms with Gasteiger partial charge in [0.05, 0.1) is 12.6 Å². The Bertz CT molecular complexity index is 615. The predicted octanol–water partition coefficient (Wildman–Crippen LogP) is 4.19. The van der Waals surface area contributed by atoms with Gasteiger partial charge in [-0.05, 0) is 64.9 Å². The molecule has 2 aromatic carbocycles. The summed E-state index contributed by atoms with van der Waals surface area (Å²) < 4.78 is 20.6. The summed E-state index contributed by atoms with van der Waals surface area (Å²) in [5.41, 5.74) is 3.88. The van der Waals surface area contributed by atoms with Crippen molar-refractivity contribution in [3.8, 4) is 11.5 Å². The minimum Gasteiger partial charge on any atom is -0.454 e. The molecule has 1 N–H and O–H groups in total. The summed E-state index contributed by atoms with van der Waals surface area (Å²) in [6, 6.07) is 12.5. The van der Waals surface area contributed by atoms with Gasteiger partial charge in [-0.2, -0.15) is 5.48 Å². The van der Waals surface area contributed by atoms with Crippen LogP contribution in [-0.2, 0) is 4.84 Å². The lowest BCUT2D eigenvalue weighted by Crippen LogP contribution is -2.11. The normalized spacial score (nSPS) is 18.2. The van der Waals surface area contributed by atoms with Gasteiger partial charge in [0.15, 0.2) is 11.6 Å². The summed E-state index contributed by atoms with van der Waals surface area (Å²) in [6.07, 6.45) is 0.869.